The standard InChI is InChI=1S/C11H15.BrH.Zn/c1-9-5-7-10(8-6-9)11(2,3)4;;/h5-8H,1H2,2-4H3;1H;/p-1. The fourth-order valence-electron chi connectivity index (χ4n) is 1.00. The van der Waals surface area contributed by atoms with E-state index >= 15 is 0 Å². The fourth-order valence-corrected chi connectivity index (χ4v) is 1.00. The van der Waals surface area contributed by atoms with E-state index in [9.17, 15) is 0 Å². The third kappa shape index (κ3) is 4.93. The molecule has 0 aromatic heterocycles. The number of hydrogen-bond donors (Lipinski definition) is 0. The van der Waals surface area contributed by atoms with Crippen molar-refractivity contribution >= 4 is 0 Å². The molecule has 69 valence electrons. The van der Waals surface area contributed by atoms with Crippen LogP contribution in [0.3, 0.4) is 0 Å². The zero-order valence-electron chi connectivity index (χ0n) is 8.60. The average molecular weight is 293 g/mol. The first-order valence-electron chi connectivity index (χ1n) is 3.92. The van der Waals surface area contributed by atoms with E-state index in [0.29, 0.717) is 0 Å². The number of halogens is 1. The molecular formula is C11H15BrZn-. The summed E-state index contributed by atoms with van der Waals surface area (Å²) >= 11 is 0. The van der Waals surface area contributed by atoms with Gasteiger partial charge in [0.25, 0.3) is 0 Å². The molecule has 13 heavy (non-hydrogen) atoms. The van der Waals surface area contributed by atoms with Gasteiger partial charge in [0.15, 0.2) is 0 Å². The molecule has 1 rings (SSSR count). The van der Waals surface area contributed by atoms with Crippen molar-refractivity contribution < 1.29 is 36.5 Å². The molecule has 1 aliphatic rings. The third-order valence-electron chi connectivity index (χ3n) is 1.82. The Morgan fingerprint density at radius 3 is 1.69 bits per heavy atom. The summed E-state index contributed by atoms with van der Waals surface area (Å²) in [7, 11) is 0. The van der Waals surface area contributed by atoms with Crippen LogP contribution in [0.1, 0.15) is 20.8 Å². The molecule has 0 saturated carbocycles. The summed E-state index contributed by atoms with van der Waals surface area (Å²) in [6, 6.07) is 0. The van der Waals surface area contributed by atoms with Gasteiger partial charge in [0.2, 0.25) is 0 Å². The van der Waals surface area contributed by atoms with Crippen molar-refractivity contribution in [2.45, 2.75) is 20.8 Å². The fraction of sp³-hybridized carbons (Fsp3) is 0.364. The summed E-state index contributed by atoms with van der Waals surface area (Å²) < 4.78 is 0. The minimum absolute atomic E-state index is 0. The Morgan fingerprint density at radius 1 is 1.00 bits per heavy atom. The molecule has 0 amide bonds. The molecular weight excluding hydrogens is 277 g/mol. The summed E-state index contributed by atoms with van der Waals surface area (Å²) in [6.07, 6.45) is 8.39. The van der Waals surface area contributed by atoms with E-state index in [1.165, 1.54) is 5.92 Å². The van der Waals surface area contributed by atoms with Crippen molar-refractivity contribution in [1.82, 2.24) is 0 Å². The van der Waals surface area contributed by atoms with Gasteiger partial charge in [0, 0.05) is 25.4 Å². The van der Waals surface area contributed by atoms with E-state index in [2.05, 4.69) is 51.7 Å². The Bertz CT molecular complexity index is 205. The third-order valence-corrected chi connectivity index (χ3v) is 1.82. The van der Waals surface area contributed by atoms with Gasteiger partial charge in [-0.15, -0.1) is 0 Å². The summed E-state index contributed by atoms with van der Waals surface area (Å²) in [5.41, 5.74) is 1.34. The predicted molar refractivity (Wildman–Crippen MR) is 50.1 cm³/mol. The van der Waals surface area contributed by atoms with Crippen molar-refractivity contribution in [3.05, 3.63) is 42.4 Å². The van der Waals surface area contributed by atoms with Gasteiger partial charge < -0.3 is 17.0 Å². The summed E-state index contributed by atoms with van der Waals surface area (Å²) in [6.45, 7) is 10.5. The molecule has 0 aromatic carbocycles. The van der Waals surface area contributed by atoms with Gasteiger partial charge in [-0.2, -0.15) is 0 Å². The Morgan fingerprint density at radius 2 is 1.38 bits per heavy atom. The van der Waals surface area contributed by atoms with Crippen LogP contribution in [0.25, 0.3) is 0 Å². The van der Waals surface area contributed by atoms with Crippen LogP contribution in [0.15, 0.2) is 36.5 Å². The Labute approximate surface area is 105 Å². The molecule has 2 heteroatoms. The zero-order valence-corrected chi connectivity index (χ0v) is 13.2. The maximum atomic E-state index is 3.84. The van der Waals surface area contributed by atoms with Crippen LogP contribution in [0.4, 0.5) is 0 Å². The van der Waals surface area contributed by atoms with Crippen LogP contribution < -0.4 is 17.0 Å². The first-order chi connectivity index (χ1) is 5.00. The van der Waals surface area contributed by atoms with Crippen molar-refractivity contribution in [2.75, 3.05) is 0 Å². The predicted octanol–water partition coefficient (Wildman–Crippen LogP) is 0.291. The summed E-state index contributed by atoms with van der Waals surface area (Å²) in [5.74, 6) is 1.37. The maximum absolute atomic E-state index is 3.84. The second-order valence-corrected chi connectivity index (χ2v) is 3.95. The van der Waals surface area contributed by atoms with Crippen LogP contribution in [0.2, 0.25) is 0 Å². The molecule has 0 saturated heterocycles. The SMILES string of the molecule is C=C1C=C[C](C(C)(C)C)C=C1.[Br-].[Zn]. The van der Waals surface area contributed by atoms with Crippen molar-refractivity contribution in [3.8, 4) is 0 Å². The number of hydrogen-bond acceptors (Lipinski definition) is 0. The smallest absolute Gasteiger partial charge is 0.0247 e. The second-order valence-electron chi connectivity index (χ2n) is 3.95. The van der Waals surface area contributed by atoms with Gasteiger partial charge in [-0.1, -0.05) is 51.7 Å². The zero-order chi connectivity index (χ0) is 8.48. The van der Waals surface area contributed by atoms with E-state index in [1.54, 1.807) is 0 Å². The molecule has 0 heterocycles. The molecule has 0 unspecified atom stereocenters. The first kappa shape index (κ1) is 15.8. The van der Waals surface area contributed by atoms with Crippen LogP contribution in [0, 0.1) is 11.3 Å². The van der Waals surface area contributed by atoms with E-state index in [0.717, 1.165) is 5.57 Å². The summed E-state index contributed by atoms with van der Waals surface area (Å²) in [5, 5.41) is 0. The molecule has 0 fully saturated rings. The first-order valence-corrected chi connectivity index (χ1v) is 3.92. The van der Waals surface area contributed by atoms with Crippen LogP contribution >= 0.6 is 0 Å². The normalized spacial score (nSPS) is 16.4. The largest absolute Gasteiger partial charge is 1.00 e. The monoisotopic (exact) mass is 290 g/mol. The second kappa shape index (κ2) is 5.93. The van der Waals surface area contributed by atoms with E-state index in [1.807, 2.05) is 0 Å². The molecule has 1 radical (unpaired) electrons. The van der Waals surface area contributed by atoms with Crippen molar-refractivity contribution in [1.29, 1.82) is 0 Å². The van der Waals surface area contributed by atoms with Crippen LogP contribution in [0.5, 0.6) is 0 Å². The van der Waals surface area contributed by atoms with Gasteiger partial charge in [-0.25, -0.2) is 0 Å². The molecule has 0 atom stereocenters. The Hall–Kier alpha value is 0.323. The minimum atomic E-state index is 0. The molecule has 0 aromatic rings. The molecule has 1 aliphatic carbocycles. The van der Waals surface area contributed by atoms with E-state index in [-0.39, 0.29) is 41.9 Å². The molecule has 0 nitrogen and oxygen atoms in total. The van der Waals surface area contributed by atoms with Gasteiger partial charge in [-0.05, 0) is 11.0 Å². The van der Waals surface area contributed by atoms with Crippen LogP contribution in [-0.2, 0) is 19.5 Å². The van der Waals surface area contributed by atoms with Gasteiger partial charge >= 0.3 is 0 Å². The number of allylic oxidation sites excluding steroid dienone is 5. The van der Waals surface area contributed by atoms with E-state index in [4.69, 9.17) is 0 Å². The topological polar surface area (TPSA) is 0 Å². The molecule has 0 spiro atoms. The van der Waals surface area contributed by atoms with E-state index < -0.39 is 0 Å². The van der Waals surface area contributed by atoms with Gasteiger partial charge in [0.05, 0.1) is 0 Å². The molecule has 0 aliphatic heterocycles. The Kier molecular flexibility index (Phi) is 7.20. The maximum Gasteiger partial charge on any atom is 0.0247 e. The molecule has 0 bridgehead atoms. The van der Waals surface area contributed by atoms with Crippen molar-refractivity contribution in [2.24, 2.45) is 5.41 Å². The van der Waals surface area contributed by atoms with Crippen molar-refractivity contribution in [3.63, 3.8) is 0 Å². The number of rotatable bonds is 0. The Balaban J connectivity index is 0. The summed E-state index contributed by atoms with van der Waals surface area (Å²) in [4.78, 5) is 0. The van der Waals surface area contributed by atoms with Crippen LogP contribution in [-0.4, -0.2) is 0 Å². The quantitative estimate of drug-likeness (QED) is 0.563. The average Bonchev–Trinajstić information content (AvgIpc) is 1.86. The van der Waals surface area contributed by atoms with Gasteiger partial charge in [0.1, 0.15) is 0 Å². The minimum Gasteiger partial charge on any atom is -1.00 e. The van der Waals surface area contributed by atoms with Gasteiger partial charge in [-0.3, -0.25) is 0 Å². The molecule has 0 N–H and O–H groups in total.